The van der Waals surface area contributed by atoms with E-state index in [9.17, 15) is 0 Å². The molecule has 296 valence electrons. The topological polar surface area (TPSA) is 27.7 Å². The first-order valence-electron chi connectivity index (χ1n) is 21.4. The van der Waals surface area contributed by atoms with Crippen molar-refractivity contribution in [2.24, 2.45) is 0 Å². The third-order valence-corrected chi connectivity index (χ3v) is 12.5. The molecule has 8 aromatic carbocycles. The molecular weight excluding hydrogens is 741 g/mol. The highest BCUT2D eigenvalue weighted by Gasteiger charge is 2.23. The second-order valence-electron chi connectivity index (χ2n) is 18.6. The summed E-state index contributed by atoms with van der Waals surface area (Å²) in [5, 5.41) is 5.04. The molecule has 0 aliphatic rings. The Morgan fingerprint density at radius 2 is 0.803 bits per heavy atom. The lowest BCUT2D eigenvalue weighted by Gasteiger charge is -2.19. The van der Waals surface area contributed by atoms with Crippen LogP contribution in [-0.2, 0) is 10.8 Å². The number of rotatable bonds is 5. The van der Waals surface area contributed by atoms with Gasteiger partial charge in [0.25, 0.3) is 0 Å². The van der Waals surface area contributed by atoms with Gasteiger partial charge >= 0.3 is 0 Å². The standard InChI is InChI=1S/C57H48N4/c1-56(2,3)40-27-29-52-47(34-40)48-35-41(57(4,5)6)28-30-53(48)60(52)44-33-39(32-43(36-44)59-50-24-13-10-21-45(50)46-22-11-14-25-51(46)59)38-19-16-20-42(31-38)61-54-26-15-12-23-49(54)58-55(61)37-17-8-7-9-18-37/h7-36H,1-6H3. The third-order valence-electron chi connectivity index (χ3n) is 12.5. The minimum absolute atomic E-state index is 0.0137. The van der Waals surface area contributed by atoms with Crippen LogP contribution < -0.4 is 0 Å². The fraction of sp³-hybridized carbons (Fsp3) is 0.140. The molecule has 11 rings (SSSR count). The molecule has 3 heterocycles. The Hall–Kier alpha value is -7.17. The van der Waals surface area contributed by atoms with Gasteiger partial charge in [-0.25, -0.2) is 4.98 Å². The fourth-order valence-corrected chi connectivity index (χ4v) is 9.35. The number of hydrogen-bond acceptors (Lipinski definition) is 1. The molecular formula is C57H48N4. The molecule has 0 spiro atoms. The second-order valence-corrected chi connectivity index (χ2v) is 18.6. The first-order valence-corrected chi connectivity index (χ1v) is 21.4. The van der Waals surface area contributed by atoms with Crippen molar-refractivity contribution in [3.8, 4) is 39.6 Å². The van der Waals surface area contributed by atoms with Crippen LogP contribution in [0.4, 0.5) is 0 Å². The van der Waals surface area contributed by atoms with Crippen LogP contribution in [0.25, 0.3) is 94.2 Å². The molecule has 0 radical (unpaired) electrons. The van der Waals surface area contributed by atoms with E-state index in [-0.39, 0.29) is 10.8 Å². The summed E-state index contributed by atoms with van der Waals surface area (Å²) in [4.78, 5) is 5.17. The highest BCUT2D eigenvalue weighted by atomic mass is 15.1. The Balaban J connectivity index is 1.21. The predicted molar refractivity (Wildman–Crippen MR) is 258 cm³/mol. The van der Waals surface area contributed by atoms with Gasteiger partial charge in [0.15, 0.2) is 0 Å². The van der Waals surface area contributed by atoms with Gasteiger partial charge in [0.2, 0.25) is 0 Å². The van der Waals surface area contributed by atoms with Crippen molar-refractivity contribution in [3.05, 3.63) is 193 Å². The minimum Gasteiger partial charge on any atom is -0.309 e. The van der Waals surface area contributed by atoms with E-state index >= 15 is 0 Å². The monoisotopic (exact) mass is 788 g/mol. The Kier molecular flexibility index (Phi) is 8.27. The zero-order valence-electron chi connectivity index (χ0n) is 35.6. The maximum Gasteiger partial charge on any atom is 0.145 e. The normalized spacial score (nSPS) is 12.4. The zero-order valence-corrected chi connectivity index (χ0v) is 35.6. The van der Waals surface area contributed by atoms with Crippen LogP contribution in [0.5, 0.6) is 0 Å². The van der Waals surface area contributed by atoms with Crippen molar-refractivity contribution in [3.63, 3.8) is 0 Å². The summed E-state index contributed by atoms with van der Waals surface area (Å²) in [6.07, 6.45) is 0. The van der Waals surface area contributed by atoms with Gasteiger partial charge in [-0.3, -0.25) is 4.57 Å². The van der Waals surface area contributed by atoms with Crippen molar-refractivity contribution >= 4 is 54.6 Å². The predicted octanol–water partition coefficient (Wildman–Crippen LogP) is 15.1. The molecule has 0 unspecified atom stereocenters. The van der Waals surface area contributed by atoms with Crippen molar-refractivity contribution < 1.29 is 0 Å². The van der Waals surface area contributed by atoms with Crippen molar-refractivity contribution in [2.45, 2.75) is 52.4 Å². The van der Waals surface area contributed by atoms with Crippen molar-refractivity contribution in [1.29, 1.82) is 0 Å². The second kappa shape index (κ2) is 13.7. The molecule has 0 N–H and O–H groups in total. The Morgan fingerprint density at radius 3 is 1.38 bits per heavy atom. The molecule has 0 amide bonds. The third kappa shape index (κ3) is 6.08. The van der Waals surface area contributed by atoms with E-state index in [4.69, 9.17) is 4.98 Å². The molecule has 0 atom stereocenters. The number of benzene rings is 8. The van der Waals surface area contributed by atoms with Gasteiger partial charge in [-0.1, -0.05) is 145 Å². The van der Waals surface area contributed by atoms with E-state index in [1.54, 1.807) is 0 Å². The summed E-state index contributed by atoms with van der Waals surface area (Å²) in [7, 11) is 0. The first kappa shape index (κ1) is 36.9. The van der Waals surface area contributed by atoms with Crippen LogP contribution in [-0.4, -0.2) is 18.7 Å². The van der Waals surface area contributed by atoms with Crippen molar-refractivity contribution in [1.82, 2.24) is 18.7 Å². The molecule has 0 saturated carbocycles. The van der Waals surface area contributed by atoms with Crippen LogP contribution in [0, 0.1) is 0 Å². The molecule has 4 nitrogen and oxygen atoms in total. The Bertz CT molecular complexity index is 3360. The molecule has 4 heteroatoms. The minimum atomic E-state index is 0.0137. The number of para-hydroxylation sites is 4. The number of nitrogens with zero attached hydrogens (tertiary/aromatic N) is 4. The first-order chi connectivity index (χ1) is 29.5. The number of fused-ring (bicyclic) bond motifs is 7. The Labute approximate surface area is 357 Å². The number of imidazole rings is 1. The van der Waals surface area contributed by atoms with Crippen LogP contribution >= 0.6 is 0 Å². The van der Waals surface area contributed by atoms with Gasteiger partial charge in [0, 0.05) is 44.2 Å². The van der Waals surface area contributed by atoms with E-state index in [1.165, 1.54) is 54.7 Å². The summed E-state index contributed by atoms with van der Waals surface area (Å²) in [5.41, 5.74) is 16.1. The highest BCUT2D eigenvalue weighted by molar-refractivity contribution is 6.11. The van der Waals surface area contributed by atoms with E-state index in [2.05, 4.69) is 237 Å². The van der Waals surface area contributed by atoms with Gasteiger partial charge in [0.1, 0.15) is 5.82 Å². The highest BCUT2D eigenvalue weighted by Crippen LogP contribution is 2.41. The quantitative estimate of drug-likeness (QED) is 0.171. The average Bonchev–Trinajstić information content (AvgIpc) is 3.94. The van der Waals surface area contributed by atoms with Crippen LogP contribution in [0.2, 0.25) is 0 Å². The van der Waals surface area contributed by atoms with Gasteiger partial charge < -0.3 is 9.13 Å². The van der Waals surface area contributed by atoms with Gasteiger partial charge in [-0.15, -0.1) is 0 Å². The smallest absolute Gasteiger partial charge is 0.145 e. The summed E-state index contributed by atoms with van der Waals surface area (Å²) in [5.74, 6) is 0.924. The summed E-state index contributed by atoms with van der Waals surface area (Å²) in [6.45, 7) is 13.8. The number of aromatic nitrogens is 4. The molecule has 0 aliphatic carbocycles. The molecule has 61 heavy (non-hydrogen) atoms. The lowest BCUT2D eigenvalue weighted by Crippen LogP contribution is -2.10. The Morgan fingerprint density at radius 1 is 0.328 bits per heavy atom. The molecule has 3 aromatic heterocycles. The van der Waals surface area contributed by atoms with Crippen LogP contribution in [0.1, 0.15) is 52.7 Å². The number of hydrogen-bond donors (Lipinski definition) is 0. The van der Waals surface area contributed by atoms with Gasteiger partial charge in [-0.2, -0.15) is 0 Å². The lowest BCUT2D eigenvalue weighted by molar-refractivity contribution is 0.590. The van der Waals surface area contributed by atoms with Gasteiger partial charge in [0.05, 0.1) is 33.1 Å². The van der Waals surface area contributed by atoms with Crippen LogP contribution in [0.3, 0.4) is 0 Å². The van der Waals surface area contributed by atoms with Crippen LogP contribution in [0.15, 0.2) is 182 Å². The van der Waals surface area contributed by atoms with Crippen molar-refractivity contribution in [2.75, 3.05) is 0 Å². The molecule has 0 saturated heterocycles. The largest absolute Gasteiger partial charge is 0.309 e. The lowest BCUT2D eigenvalue weighted by atomic mass is 9.85. The van der Waals surface area contributed by atoms with E-state index in [0.717, 1.165) is 50.6 Å². The average molecular weight is 789 g/mol. The maximum atomic E-state index is 5.17. The molecule has 0 fully saturated rings. The fourth-order valence-electron chi connectivity index (χ4n) is 9.35. The van der Waals surface area contributed by atoms with Gasteiger partial charge in [-0.05, 0) is 112 Å². The van der Waals surface area contributed by atoms with E-state index in [1.807, 2.05) is 0 Å². The molecule has 0 bridgehead atoms. The molecule has 11 aromatic rings. The summed E-state index contributed by atoms with van der Waals surface area (Å²) >= 11 is 0. The van der Waals surface area contributed by atoms with E-state index < -0.39 is 0 Å². The summed E-state index contributed by atoms with van der Waals surface area (Å²) < 4.78 is 7.24. The zero-order chi connectivity index (χ0) is 41.6. The van der Waals surface area contributed by atoms with E-state index in [0.29, 0.717) is 0 Å². The SMILES string of the molecule is CC(C)(C)c1ccc2c(c1)c1cc(C(C)(C)C)ccc1n2-c1cc(-c2cccc(-n3c(-c4ccccc4)nc4ccccc43)c2)cc(-n2c3ccccc3c3ccccc32)c1. The summed E-state index contributed by atoms with van der Waals surface area (Å²) in [6, 6.07) is 66.8. The maximum absolute atomic E-state index is 5.17. The molecule has 0 aliphatic heterocycles.